The van der Waals surface area contributed by atoms with E-state index in [4.69, 9.17) is 0 Å². The number of aliphatic hydroxyl groups is 2. The first-order chi connectivity index (χ1) is 10.8. The number of aromatic nitrogens is 1. The third kappa shape index (κ3) is 2.38. The molecule has 1 saturated heterocycles. The summed E-state index contributed by atoms with van der Waals surface area (Å²) in [6.07, 6.45) is 1.58. The van der Waals surface area contributed by atoms with Crippen molar-refractivity contribution in [2.75, 3.05) is 0 Å². The fourth-order valence-electron chi connectivity index (χ4n) is 2.76. The zero-order valence-corrected chi connectivity index (χ0v) is 12.9. The molecular weight excluding hydrogens is 298 g/mol. The van der Waals surface area contributed by atoms with Gasteiger partial charge in [-0.3, -0.25) is 9.59 Å². The van der Waals surface area contributed by atoms with Crippen LogP contribution in [0.4, 0.5) is 0 Å². The van der Waals surface area contributed by atoms with E-state index in [0.29, 0.717) is 5.56 Å². The molecule has 0 spiro atoms. The molecule has 0 bridgehead atoms. The van der Waals surface area contributed by atoms with Gasteiger partial charge in [0.05, 0.1) is 0 Å². The summed E-state index contributed by atoms with van der Waals surface area (Å²) in [4.78, 5) is 27.5. The molecule has 5 N–H and O–H groups in total. The maximum atomic E-state index is 12.3. The quantitative estimate of drug-likeness (QED) is 0.548. The average molecular weight is 317 g/mol. The summed E-state index contributed by atoms with van der Waals surface area (Å²) >= 11 is 0. The van der Waals surface area contributed by atoms with E-state index < -0.39 is 29.2 Å². The minimum atomic E-state index is -2.11. The molecule has 0 unspecified atom stereocenters. The van der Waals surface area contributed by atoms with Crippen molar-refractivity contribution in [1.29, 1.82) is 0 Å². The molecule has 2 amide bonds. The number of aromatic amines is 1. The lowest BCUT2D eigenvalue weighted by Gasteiger charge is -2.42. The Balaban J connectivity index is 1.91. The number of hydrogen-bond donors (Lipinski definition) is 5. The van der Waals surface area contributed by atoms with Crippen molar-refractivity contribution >= 4 is 22.7 Å². The number of para-hydroxylation sites is 1. The summed E-state index contributed by atoms with van der Waals surface area (Å²) in [5.41, 5.74) is -2.58. The fraction of sp³-hybridized carbons (Fsp3) is 0.375. The summed E-state index contributed by atoms with van der Waals surface area (Å²) in [6, 6.07) is 7.45. The Bertz CT molecular complexity index is 784. The maximum absolute atomic E-state index is 12.3. The molecule has 0 radical (unpaired) electrons. The molecule has 2 atom stereocenters. The molecule has 0 aliphatic carbocycles. The molecule has 1 aromatic carbocycles. The standard InChI is InChI=1S/C16H19N3O4/c1-9(2)16(23)14(21)18-15(22,13(20)19-16)7-10-8-17-12-6-4-3-5-11(10)12/h3-6,8-9,17,22-23H,7H2,1-2H3,(H,18,21)(H,19,20)/t15-,16-/m1/s1. The number of benzene rings is 1. The van der Waals surface area contributed by atoms with Crippen LogP contribution in [-0.2, 0) is 16.0 Å². The van der Waals surface area contributed by atoms with Crippen LogP contribution in [0.3, 0.4) is 0 Å². The smallest absolute Gasteiger partial charge is 0.276 e. The number of carbonyl (C=O) groups is 2. The summed E-state index contributed by atoms with van der Waals surface area (Å²) in [5.74, 6) is -2.20. The van der Waals surface area contributed by atoms with E-state index >= 15 is 0 Å². The number of carbonyl (C=O) groups excluding carboxylic acids is 2. The zero-order valence-electron chi connectivity index (χ0n) is 12.9. The average Bonchev–Trinajstić information content (AvgIpc) is 2.88. The second-order valence-corrected chi connectivity index (χ2v) is 6.23. The van der Waals surface area contributed by atoms with E-state index in [1.54, 1.807) is 20.0 Å². The number of nitrogens with one attached hydrogen (secondary N) is 3. The SMILES string of the molecule is CC(C)[C@]1(O)NC(=O)[C@](O)(Cc2c[nH]c3ccccc23)NC1=O. The monoisotopic (exact) mass is 317 g/mol. The van der Waals surface area contributed by atoms with Gasteiger partial charge >= 0.3 is 0 Å². The predicted molar refractivity (Wildman–Crippen MR) is 83.0 cm³/mol. The molecule has 1 aliphatic rings. The zero-order chi connectivity index (χ0) is 16.8. The van der Waals surface area contributed by atoms with Crippen LogP contribution in [0.1, 0.15) is 19.4 Å². The molecule has 1 fully saturated rings. The highest BCUT2D eigenvalue weighted by molar-refractivity contribution is 6.00. The largest absolute Gasteiger partial charge is 0.363 e. The number of rotatable bonds is 3. The van der Waals surface area contributed by atoms with Crippen molar-refractivity contribution in [3.8, 4) is 0 Å². The maximum Gasteiger partial charge on any atom is 0.276 e. The van der Waals surface area contributed by atoms with Crippen LogP contribution >= 0.6 is 0 Å². The molecule has 0 saturated carbocycles. The van der Waals surface area contributed by atoms with Crippen molar-refractivity contribution in [3.63, 3.8) is 0 Å². The van der Waals surface area contributed by atoms with Crippen LogP contribution in [0.15, 0.2) is 30.5 Å². The van der Waals surface area contributed by atoms with E-state index in [9.17, 15) is 19.8 Å². The molecule has 1 aromatic heterocycles. The van der Waals surface area contributed by atoms with Gasteiger partial charge in [0, 0.05) is 29.4 Å². The Kier molecular flexibility index (Phi) is 3.42. The summed E-state index contributed by atoms with van der Waals surface area (Å²) in [6.45, 7) is 3.20. The Hall–Kier alpha value is -2.38. The Morgan fingerprint density at radius 2 is 1.78 bits per heavy atom. The summed E-state index contributed by atoms with van der Waals surface area (Å²) in [5, 5.41) is 26.2. The second-order valence-electron chi connectivity index (χ2n) is 6.23. The Morgan fingerprint density at radius 1 is 1.09 bits per heavy atom. The third-order valence-electron chi connectivity index (χ3n) is 4.30. The molecule has 2 heterocycles. The van der Waals surface area contributed by atoms with Gasteiger partial charge in [-0.25, -0.2) is 0 Å². The van der Waals surface area contributed by atoms with Gasteiger partial charge in [0.25, 0.3) is 11.8 Å². The highest BCUT2D eigenvalue weighted by Crippen LogP contribution is 2.26. The minimum Gasteiger partial charge on any atom is -0.363 e. The van der Waals surface area contributed by atoms with Crippen LogP contribution in [0.25, 0.3) is 10.9 Å². The lowest BCUT2D eigenvalue weighted by atomic mass is 9.91. The van der Waals surface area contributed by atoms with Crippen molar-refractivity contribution in [3.05, 3.63) is 36.0 Å². The van der Waals surface area contributed by atoms with E-state index in [-0.39, 0.29) is 6.42 Å². The van der Waals surface area contributed by atoms with E-state index in [1.807, 2.05) is 24.3 Å². The number of hydrogen-bond acceptors (Lipinski definition) is 4. The van der Waals surface area contributed by atoms with Crippen LogP contribution < -0.4 is 10.6 Å². The van der Waals surface area contributed by atoms with Crippen LogP contribution in [0.2, 0.25) is 0 Å². The lowest BCUT2D eigenvalue weighted by molar-refractivity contribution is -0.181. The van der Waals surface area contributed by atoms with Gasteiger partial charge in [-0.2, -0.15) is 0 Å². The number of piperazine rings is 1. The molecule has 122 valence electrons. The molecule has 7 nitrogen and oxygen atoms in total. The first-order valence-corrected chi connectivity index (χ1v) is 7.41. The molecule has 2 aromatic rings. The number of H-pyrrole nitrogens is 1. The molecule has 3 rings (SSSR count). The Morgan fingerprint density at radius 3 is 2.48 bits per heavy atom. The van der Waals surface area contributed by atoms with Gasteiger partial charge in [-0.05, 0) is 11.6 Å². The van der Waals surface area contributed by atoms with E-state index in [2.05, 4.69) is 15.6 Å². The van der Waals surface area contributed by atoms with Gasteiger partial charge in [-0.1, -0.05) is 32.0 Å². The van der Waals surface area contributed by atoms with Crippen molar-refractivity contribution in [2.24, 2.45) is 5.92 Å². The normalized spacial score (nSPS) is 28.0. The highest BCUT2D eigenvalue weighted by Gasteiger charge is 2.54. The van der Waals surface area contributed by atoms with E-state index in [0.717, 1.165) is 10.9 Å². The van der Waals surface area contributed by atoms with Gasteiger partial charge in [0.15, 0.2) is 0 Å². The van der Waals surface area contributed by atoms with E-state index in [1.165, 1.54) is 0 Å². The van der Waals surface area contributed by atoms with Crippen LogP contribution in [0.5, 0.6) is 0 Å². The topological polar surface area (TPSA) is 114 Å². The third-order valence-corrected chi connectivity index (χ3v) is 4.30. The lowest BCUT2D eigenvalue weighted by Crippen LogP contribution is -2.77. The van der Waals surface area contributed by atoms with Gasteiger partial charge in [-0.15, -0.1) is 0 Å². The van der Waals surface area contributed by atoms with Crippen LogP contribution in [0, 0.1) is 5.92 Å². The minimum absolute atomic E-state index is 0.108. The summed E-state index contributed by atoms with van der Waals surface area (Å²) < 4.78 is 0. The van der Waals surface area contributed by atoms with Gasteiger partial charge < -0.3 is 25.8 Å². The fourth-order valence-corrected chi connectivity index (χ4v) is 2.76. The first-order valence-electron chi connectivity index (χ1n) is 7.41. The predicted octanol–water partition coefficient (Wildman–Crippen LogP) is -0.0104. The second kappa shape index (κ2) is 5.07. The van der Waals surface area contributed by atoms with Crippen LogP contribution in [-0.4, -0.2) is 38.5 Å². The molecular formula is C16H19N3O4. The molecule has 23 heavy (non-hydrogen) atoms. The number of amides is 2. The first kappa shape index (κ1) is 15.5. The van der Waals surface area contributed by atoms with Crippen molar-refractivity contribution in [2.45, 2.75) is 31.7 Å². The molecule has 7 heteroatoms. The number of fused-ring (bicyclic) bond motifs is 1. The highest BCUT2D eigenvalue weighted by atomic mass is 16.4. The van der Waals surface area contributed by atoms with Gasteiger partial charge in [0.1, 0.15) is 0 Å². The van der Waals surface area contributed by atoms with Crippen molar-refractivity contribution < 1.29 is 19.8 Å². The van der Waals surface area contributed by atoms with Gasteiger partial charge in [0.2, 0.25) is 11.4 Å². The Labute approximate surface area is 132 Å². The summed E-state index contributed by atoms with van der Waals surface area (Å²) in [7, 11) is 0. The van der Waals surface area contributed by atoms with Crippen molar-refractivity contribution in [1.82, 2.24) is 15.6 Å². The molecule has 1 aliphatic heterocycles.